The fourth-order valence-corrected chi connectivity index (χ4v) is 8.41. The second kappa shape index (κ2) is 27.6. The number of hydrogen-bond acceptors (Lipinski definition) is 14. The molecule has 0 saturated carbocycles. The first kappa shape index (κ1) is 55.3. The Morgan fingerprint density at radius 3 is 1.60 bits per heavy atom. The molecule has 3 aromatic rings. The number of nitrogens with one attached hydrogen (secondary N) is 6. The van der Waals surface area contributed by atoms with Crippen LogP contribution in [0.4, 0.5) is 0 Å². The molecule has 0 aliphatic heterocycles. The molecule has 14 N–H and O–H groups in total. The lowest BCUT2D eigenvalue weighted by atomic mass is 10.0. The summed E-state index contributed by atoms with van der Waals surface area (Å²) in [5.41, 5.74) is 16.8. The van der Waals surface area contributed by atoms with Crippen LogP contribution >= 0.6 is 22.7 Å². The fourth-order valence-electron chi connectivity index (χ4n) is 6.37. The van der Waals surface area contributed by atoms with E-state index in [9.17, 15) is 57.8 Å². The minimum absolute atomic E-state index is 0.0171. The highest BCUT2D eigenvalue weighted by molar-refractivity contribution is 7.22. The lowest BCUT2D eigenvalue weighted by molar-refractivity contribution is -0.139. The number of carbonyl (C=O) groups excluding carboxylic acids is 9. The van der Waals surface area contributed by atoms with E-state index in [2.05, 4.69) is 31.9 Å². The number of amides is 8. The maximum Gasteiger partial charge on any atom is 0.303 e. The molecule has 368 valence electrons. The van der Waals surface area contributed by atoms with Crippen LogP contribution in [-0.2, 0) is 72.1 Å². The van der Waals surface area contributed by atoms with E-state index in [1.54, 1.807) is 42.5 Å². The third-order valence-corrected chi connectivity index (χ3v) is 12.5. The lowest BCUT2D eigenvalue weighted by Gasteiger charge is -2.26. The van der Waals surface area contributed by atoms with Gasteiger partial charge in [-0.2, -0.15) is 0 Å². The number of rotatable bonds is 30. The Morgan fingerprint density at radius 2 is 1.04 bits per heavy atom. The van der Waals surface area contributed by atoms with E-state index in [-0.39, 0.29) is 63.7 Å². The summed E-state index contributed by atoms with van der Waals surface area (Å²) in [5.74, 6) is -8.92. The normalized spacial score (nSPS) is 13.5. The van der Waals surface area contributed by atoms with Crippen molar-refractivity contribution in [1.82, 2.24) is 31.9 Å². The molecule has 3 rings (SSSR count). The molecule has 1 aromatic carbocycles. The van der Waals surface area contributed by atoms with Crippen molar-refractivity contribution in [3.05, 3.63) is 69.9 Å². The van der Waals surface area contributed by atoms with Crippen LogP contribution in [-0.4, -0.2) is 111 Å². The third-order valence-electron chi connectivity index (χ3n) is 10.1. The maximum atomic E-state index is 13.9. The van der Waals surface area contributed by atoms with Gasteiger partial charge in [0.15, 0.2) is 5.78 Å². The van der Waals surface area contributed by atoms with E-state index in [0.717, 1.165) is 14.6 Å². The molecule has 0 radical (unpaired) electrons. The van der Waals surface area contributed by atoms with Crippen LogP contribution in [0, 0.1) is 0 Å². The molecule has 68 heavy (non-hydrogen) atoms. The number of aliphatic carboxylic acids is 2. The van der Waals surface area contributed by atoms with Crippen molar-refractivity contribution in [2.75, 3.05) is 0 Å². The highest BCUT2D eigenvalue weighted by Gasteiger charge is 2.32. The van der Waals surface area contributed by atoms with Gasteiger partial charge < -0.3 is 59.3 Å². The minimum Gasteiger partial charge on any atom is -0.481 e. The molecule has 24 heteroatoms. The van der Waals surface area contributed by atoms with Crippen LogP contribution in [0.2, 0.25) is 0 Å². The summed E-state index contributed by atoms with van der Waals surface area (Å²) in [7, 11) is 0. The van der Waals surface area contributed by atoms with Crippen molar-refractivity contribution in [3.63, 3.8) is 0 Å². The number of carboxylic acids is 2. The quantitative estimate of drug-likeness (QED) is 0.0401. The summed E-state index contributed by atoms with van der Waals surface area (Å²) in [6, 6.07) is 8.02. The summed E-state index contributed by atoms with van der Waals surface area (Å²) < 4.78 is 0. The van der Waals surface area contributed by atoms with Crippen LogP contribution in [0.3, 0.4) is 0 Å². The molecule has 6 atom stereocenters. The number of primary amides is 2. The number of hydrogen-bond donors (Lipinski definition) is 11. The summed E-state index contributed by atoms with van der Waals surface area (Å²) in [6.07, 6.45) is -2.58. The molecule has 0 aliphatic rings. The Labute approximate surface area is 398 Å². The second-order valence-electron chi connectivity index (χ2n) is 15.7. The van der Waals surface area contributed by atoms with Crippen molar-refractivity contribution in [3.8, 4) is 9.75 Å². The topological polar surface area (TPSA) is 378 Å². The summed E-state index contributed by atoms with van der Waals surface area (Å²) in [6.45, 7) is 2.80. The SMILES string of the molecule is CC(=O)C(CCC(=O)O)NC(=O)Cc1ccc(-c2ccc(CNC(=O)[C@H](C)NC(=O)C(Cc3ccccc3)NC(=O)[C@H](CCC(=O)O)NC(=O)C(CCC(N)=O)NC(=O)[C@@H](N)CCC(N)=O)s2)s1. The van der Waals surface area contributed by atoms with E-state index in [0.29, 0.717) is 10.4 Å². The number of ketones is 1. The molecule has 0 aliphatic carbocycles. The van der Waals surface area contributed by atoms with Crippen LogP contribution in [0.25, 0.3) is 9.75 Å². The second-order valence-corrected chi connectivity index (χ2v) is 18.1. The van der Waals surface area contributed by atoms with Gasteiger partial charge in [0.25, 0.3) is 0 Å². The average Bonchev–Trinajstić information content (AvgIpc) is 3.95. The van der Waals surface area contributed by atoms with E-state index < -0.39 is 108 Å². The Kier molecular flexibility index (Phi) is 22.4. The predicted molar refractivity (Wildman–Crippen MR) is 248 cm³/mol. The largest absolute Gasteiger partial charge is 0.481 e. The maximum absolute atomic E-state index is 13.9. The van der Waals surface area contributed by atoms with Gasteiger partial charge in [-0.05, 0) is 69.4 Å². The third kappa shape index (κ3) is 19.8. The summed E-state index contributed by atoms with van der Waals surface area (Å²) in [4.78, 5) is 140. The molecule has 0 saturated heterocycles. The molecule has 0 spiro atoms. The number of Topliss-reactive ketones (excluding diaryl/α,β-unsaturated/α-hetero) is 1. The van der Waals surface area contributed by atoms with E-state index in [1.807, 2.05) is 12.1 Å². The minimum atomic E-state index is -1.58. The van der Waals surface area contributed by atoms with Crippen molar-refractivity contribution in [2.24, 2.45) is 17.2 Å². The first-order valence-electron chi connectivity index (χ1n) is 21.4. The van der Waals surface area contributed by atoms with Gasteiger partial charge in [0.05, 0.1) is 25.0 Å². The van der Waals surface area contributed by atoms with Crippen LogP contribution < -0.4 is 49.1 Å². The van der Waals surface area contributed by atoms with Crippen molar-refractivity contribution in [2.45, 2.75) is 121 Å². The van der Waals surface area contributed by atoms with E-state index in [4.69, 9.17) is 22.3 Å². The molecule has 22 nitrogen and oxygen atoms in total. The molecule has 2 aromatic heterocycles. The standard InChI is InChI=1S/C44H57N9O13S2/c1-23(40(62)48-22-27-9-15-34(68-27)33-14-8-26(67-33)21-37(57)50-29(24(2)54)12-18-38(58)59)49-44(66)32(20-25-6-4-3-5-7-25)53-43(65)31(13-19-39(60)61)52-42(64)30(11-17-36(47)56)51-41(63)28(45)10-16-35(46)55/h3-9,14-15,23,28-32H,10-13,16-22,45H2,1-2H3,(H2,46,55)(H2,47,56)(H,48,62)(H,49,66)(H,50,57)(H,51,63)(H,52,64)(H,53,65)(H,58,59)(H,60,61)/t23-,28-,29?,30?,31-,32?/m0/s1. The molecule has 0 bridgehead atoms. The van der Waals surface area contributed by atoms with Crippen molar-refractivity contribution < 1.29 is 63.0 Å². The summed E-state index contributed by atoms with van der Waals surface area (Å²) >= 11 is 2.73. The molecular weight excluding hydrogens is 927 g/mol. The highest BCUT2D eigenvalue weighted by Crippen LogP contribution is 2.34. The number of nitrogens with two attached hydrogens (primary N) is 3. The zero-order valence-corrected chi connectivity index (χ0v) is 39.0. The number of benzene rings is 1. The zero-order valence-electron chi connectivity index (χ0n) is 37.4. The Balaban J connectivity index is 1.69. The van der Waals surface area contributed by atoms with Gasteiger partial charge in [0, 0.05) is 51.6 Å². The number of carbonyl (C=O) groups is 11. The monoisotopic (exact) mass is 983 g/mol. The van der Waals surface area contributed by atoms with Crippen LogP contribution in [0.5, 0.6) is 0 Å². The van der Waals surface area contributed by atoms with Gasteiger partial charge in [-0.25, -0.2) is 0 Å². The van der Waals surface area contributed by atoms with E-state index in [1.165, 1.54) is 36.5 Å². The molecular formula is C44H57N9O13S2. The fraction of sp³-hybridized carbons (Fsp3) is 0.432. The predicted octanol–water partition coefficient (Wildman–Crippen LogP) is -0.501. The van der Waals surface area contributed by atoms with Gasteiger partial charge in [0.1, 0.15) is 24.2 Å². The molecule has 2 heterocycles. The van der Waals surface area contributed by atoms with Crippen LogP contribution in [0.15, 0.2) is 54.6 Å². The Morgan fingerprint density at radius 1 is 0.559 bits per heavy atom. The van der Waals surface area contributed by atoms with Gasteiger partial charge in [-0.3, -0.25) is 52.7 Å². The van der Waals surface area contributed by atoms with Crippen molar-refractivity contribution in [1.29, 1.82) is 0 Å². The lowest BCUT2D eigenvalue weighted by Crippen LogP contribution is -2.59. The van der Waals surface area contributed by atoms with E-state index >= 15 is 0 Å². The first-order chi connectivity index (χ1) is 32.1. The highest BCUT2D eigenvalue weighted by atomic mass is 32.1. The molecule has 8 amide bonds. The van der Waals surface area contributed by atoms with Gasteiger partial charge in [-0.1, -0.05) is 30.3 Å². The van der Waals surface area contributed by atoms with Crippen LogP contribution in [0.1, 0.15) is 80.5 Å². The van der Waals surface area contributed by atoms with Crippen molar-refractivity contribution >= 4 is 87.7 Å². The first-order valence-corrected chi connectivity index (χ1v) is 23.0. The Bertz CT molecular complexity index is 2300. The smallest absolute Gasteiger partial charge is 0.303 e. The van der Waals surface area contributed by atoms with Gasteiger partial charge in [0.2, 0.25) is 47.3 Å². The Hall–Kier alpha value is -7.05. The molecule has 0 fully saturated rings. The molecule has 3 unspecified atom stereocenters. The van der Waals surface area contributed by atoms with Gasteiger partial charge >= 0.3 is 11.9 Å². The number of carboxylic acid groups (broad SMARTS) is 2. The average molecular weight is 984 g/mol. The number of thiophene rings is 2. The zero-order chi connectivity index (χ0) is 50.5. The van der Waals surface area contributed by atoms with Gasteiger partial charge in [-0.15, -0.1) is 22.7 Å². The summed E-state index contributed by atoms with van der Waals surface area (Å²) in [5, 5.41) is 33.6.